The lowest BCUT2D eigenvalue weighted by Crippen LogP contribution is -2.51. The second-order valence-corrected chi connectivity index (χ2v) is 6.07. The summed E-state index contributed by atoms with van der Waals surface area (Å²) in [4.78, 5) is 19.5. The van der Waals surface area contributed by atoms with Gasteiger partial charge < -0.3 is 4.90 Å². The van der Waals surface area contributed by atoms with Crippen LogP contribution in [0.15, 0.2) is 18.3 Å². The second kappa shape index (κ2) is 5.04. The van der Waals surface area contributed by atoms with Gasteiger partial charge in [-0.25, -0.2) is 0 Å². The molecule has 2 atom stereocenters. The Labute approximate surface area is 115 Å². The molecule has 3 rings (SSSR count). The minimum absolute atomic E-state index is 0.203. The first-order valence-electron chi connectivity index (χ1n) is 7.34. The third-order valence-electron chi connectivity index (χ3n) is 4.98. The maximum absolute atomic E-state index is 12.7. The number of aromatic nitrogens is 1. The van der Waals surface area contributed by atoms with E-state index in [9.17, 15) is 4.79 Å². The van der Waals surface area contributed by atoms with Gasteiger partial charge in [-0.15, -0.1) is 0 Å². The molecule has 0 aliphatic carbocycles. The van der Waals surface area contributed by atoms with E-state index in [0.29, 0.717) is 17.9 Å². The van der Waals surface area contributed by atoms with Crippen LogP contribution in [-0.4, -0.2) is 34.8 Å². The fraction of sp³-hybridized carbons (Fsp3) is 0.625. The maximum Gasteiger partial charge on any atom is 0.167 e. The lowest BCUT2D eigenvalue weighted by Gasteiger charge is -2.46. The summed E-state index contributed by atoms with van der Waals surface area (Å²) in [6, 6.07) is 5.02. The molecule has 0 radical (unpaired) electrons. The third-order valence-corrected chi connectivity index (χ3v) is 4.98. The smallest absolute Gasteiger partial charge is 0.167 e. The number of pyridine rings is 1. The molecular formula is C16H22N2O. The Morgan fingerprint density at radius 2 is 2.00 bits per heavy atom. The van der Waals surface area contributed by atoms with Gasteiger partial charge in [-0.05, 0) is 51.8 Å². The van der Waals surface area contributed by atoms with E-state index in [1.165, 1.54) is 19.3 Å². The van der Waals surface area contributed by atoms with E-state index in [1.807, 2.05) is 19.1 Å². The highest BCUT2D eigenvalue weighted by Gasteiger charge is 2.39. The minimum Gasteiger partial charge on any atom is -0.300 e. The van der Waals surface area contributed by atoms with Crippen LogP contribution in [0.3, 0.4) is 0 Å². The molecule has 2 bridgehead atoms. The van der Waals surface area contributed by atoms with Gasteiger partial charge in [0.2, 0.25) is 0 Å². The molecule has 0 amide bonds. The van der Waals surface area contributed by atoms with Crippen LogP contribution >= 0.6 is 0 Å². The van der Waals surface area contributed by atoms with Gasteiger partial charge in [0.15, 0.2) is 5.78 Å². The average molecular weight is 258 g/mol. The Kier molecular flexibility index (Phi) is 3.40. The molecule has 1 aromatic rings. The number of rotatable bonds is 2. The van der Waals surface area contributed by atoms with Crippen molar-refractivity contribution in [1.82, 2.24) is 9.88 Å². The number of aryl methyl sites for hydroxylation is 1. The summed E-state index contributed by atoms with van der Waals surface area (Å²) in [5.74, 6) is 0.519. The first-order chi connectivity index (χ1) is 9.16. The summed E-state index contributed by atoms with van der Waals surface area (Å²) in [6.07, 6.45) is 7.65. The molecule has 2 saturated heterocycles. The molecule has 2 unspecified atom stereocenters. The van der Waals surface area contributed by atoms with Crippen LogP contribution in [0, 0.1) is 12.8 Å². The van der Waals surface area contributed by atoms with Crippen LogP contribution in [0.25, 0.3) is 0 Å². The minimum atomic E-state index is 0.203. The van der Waals surface area contributed by atoms with E-state index < -0.39 is 0 Å². The van der Waals surface area contributed by atoms with Crippen LogP contribution < -0.4 is 0 Å². The van der Waals surface area contributed by atoms with Crippen molar-refractivity contribution < 1.29 is 4.79 Å². The van der Waals surface area contributed by atoms with Gasteiger partial charge >= 0.3 is 0 Å². The van der Waals surface area contributed by atoms with Crippen LogP contribution in [-0.2, 0) is 0 Å². The number of nitrogens with zero attached hydrogens (tertiary/aromatic N) is 2. The molecule has 102 valence electrons. The molecule has 3 heteroatoms. The second-order valence-electron chi connectivity index (χ2n) is 6.07. The number of piperidine rings is 2. The zero-order chi connectivity index (χ0) is 13.4. The number of Topliss-reactive ketones (excluding diaryl/α,β-unsaturated/α-hetero) is 1. The molecule has 1 aromatic heterocycles. The fourth-order valence-electron chi connectivity index (χ4n) is 3.79. The molecular weight excluding hydrogens is 236 g/mol. The van der Waals surface area contributed by atoms with Crippen molar-refractivity contribution >= 4 is 5.78 Å². The SMILES string of the molecule is Cc1ncccc1C(=O)C1CC2CCCC(C1)N2C. The summed E-state index contributed by atoms with van der Waals surface area (Å²) in [5.41, 5.74) is 1.70. The highest BCUT2D eigenvalue weighted by molar-refractivity contribution is 5.98. The number of carbonyl (C=O) groups excluding carboxylic acids is 1. The van der Waals surface area contributed by atoms with Crippen molar-refractivity contribution in [3.8, 4) is 0 Å². The van der Waals surface area contributed by atoms with Crippen LogP contribution in [0.1, 0.15) is 48.2 Å². The third kappa shape index (κ3) is 2.32. The van der Waals surface area contributed by atoms with Crippen molar-refractivity contribution in [1.29, 1.82) is 0 Å². The Balaban J connectivity index is 1.80. The first kappa shape index (κ1) is 12.8. The van der Waals surface area contributed by atoms with Crippen LogP contribution in [0.4, 0.5) is 0 Å². The van der Waals surface area contributed by atoms with Crippen molar-refractivity contribution in [3.05, 3.63) is 29.6 Å². The van der Waals surface area contributed by atoms with E-state index >= 15 is 0 Å². The standard InChI is InChI=1S/C16H22N2O/c1-11-15(7-4-8-17-11)16(19)12-9-13-5-3-6-14(10-12)18(13)2/h4,7-8,12-14H,3,5-6,9-10H2,1-2H3. The van der Waals surface area contributed by atoms with Gasteiger partial charge in [0, 0.05) is 35.5 Å². The lowest BCUT2D eigenvalue weighted by molar-refractivity contribution is 0.0338. The van der Waals surface area contributed by atoms with Crippen LogP contribution in [0.5, 0.6) is 0 Å². The molecule has 0 spiro atoms. The van der Waals surface area contributed by atoms with Gasteiger partial charge in [-0.2, -0.15) is 0 Å². The van der Waals surface area contributed by atoms with Crippen molar-refractivity contribution in [2.24, 2.45) is 5.92 Å². The number of hydrogen-bond acceptors (Lipinski definition) is 3. The Bertz CT molecular complexity index is 471. The average Bonchev–Trinajstić information content (AvgIpc) is 2.38. The highest BCUT2D eigenvalue weighted by atomic mass is 16.1. The van der Waals surface area contributed by atoms with Gasteiger partial charge in [0.25, 0.3) is 0 Å². The van der Waals surface area contributed by atoms with Gasteiger partial charge in [0.1, 0.15) is 0 Å². The van der Waals surface area contributed by atoms with Crippen molar-refractivity contribution in [2.75, 3.05) is 7.05 Å². The largest absolute Gasteiger partial charge is 0.300 e. The topological polar surface area (TPSA) is 33.2 Å². The maximum atomic E-state index is 12.7. The van der Waals surface area contributed by atoms with Gasteiger partial charge in [-0.1, -0.05) is 6.42 Å². The fourth-order valence-corrected chi connectivity index (χ4v) is 3.79. The van der Waals surface area contributed by atoms with Gasteiger partial charge in [0.05, 0.1) is 0 Å². The normalized spacial score (nSPS) is 31.2. The van der Waals surface area contributed by atoms with Gasteiger partial charge in [-0.3, -0.25) is 9.78 Å². The Hall–Kier alpha value is -1.22. The van der Waals surface area contributed by atoms with E-state index in [1.54, 1.807) is 6.20 Å². The molecule has 0 saturated carbocycles. The van der Waals surface area contributed by atoms with Crippen molar-refractivity contribution in [2.45, 2.75) is 51.1 Å². The molecule has 0 aromatic carbocycles. The van der Waals surface area contributed by atoms with E-state index in [0.717, 1.165) is 24.1 Å². The molecule has 3 nitrogen and oxygen atoms in total. The number of fused-ring (bicyclic) bond motifs is 2. The first-order valence-corrected chi connectivity index (χ1v) is 7.34. The zero-order valence-electron chi connectivity index (χ0n) is 11.8. The summed E-state index contributed by atoms with van der Waals surface area (Å²) in [6.45, 7) is 1.93. The summed E-state index contributed by atoms with van der Waals surface area (Å²) >= 11 is 0. The molecule has 2 aliphatic heterocycles. The molecule has 0 N–H and O–H groups in total. The number of ketones is 1. The molecule has 19 heavy (non-hydrogen) atoms. The molecule has 3 heterocycles. The lowest BCUT2D eigenvalue weighted by atomic mass is 9.76. The number of carbonyl (C=O) groups is 1. The van der Waals surface area contributed by atoms with Crippen molar-refractivity contribution in [3.63, 3.8) is 0 Å². The monoisotopic (exact) mass is 258 g/mol. The predicted molar refractivity (Wildman–Crippen MR) is 75.2 cm³/mol. The number of hydrogen-bond donors (Lipinski definition) is 0. The summed E-state index contributed by atoms with van der Waals surface area (Å²) < 4.78 is 0. The zero-order valence-corrected chi connectivity index (χ0v) is 11.8. The van der Waals surface area contributed by atoms with Crippen LogP contribution in [0.2, 0.25) is 0 Å². The van der Waals surface area contributed by atoms with E-state index in [4.69, 9.17) is 0 Å². The summed E-state index contributed by atoms with van der Waals surface area (Å²) in [5, 5.41) is 0. The molecule has 2 fully saturated rings. The Morgan fingerprint density at radius 3 is 2.63 bits per heavy atom. The van der Waals surface area contributed by atoms with E-state index in [-0.39, 0.29) is 5.92 Å². The molecule has 2 aliphatic rings. The predicted octanol–water partition coefficient (Wildman–Crippen LogP) is 2.84. The Morgan fingerprint density at radius 1 is 1.32 bits per heavy atom. The summed E-state index contributed by atoms with van der Waals surface area (Å²) in [7, 11) is 2.23. The highest BCUT2D eigenvalue weighted by Crippen LogP contribution is 2.37. The quantitative estimate of drug-likeness (QED) is 0.765. The van der Waals surface area contributed by atoms with E-state index in [2.05, 4.69) is 16.9 Å².